The number of carbonyl (C=O) groups is 3. The molecule has 1 saturated heterocycles. The first-order valence-corrected chi connectivity index (χ1v) is 12.5. The predicted molar refractivity (Wildman–Crippen MR) is 133 cm³/mol. The van der Waals surface area contributed by atoms with Crippen molar-refractivity contribution in [1.82, 2.24) is 10.2 Å². The Bertz CT molecular complexity index is 950. The molecule has 0 aliphatic carbocycles. The predicted octanol–water partition coefficient (Wildman–Crippen LogP) is 3.65. The number of hydrogen-bond acceptors (Lipinski definition) is 6. The van der Waals surface area contributed by atoms with Crippen molar-refractivity contribution in [2.24, 2.45) is 0 Å². The van der Waals surface area contributed by atoms with Crippen LogP contribution in [-0.2, 0) is 36.9 Å². The zero-order valence-electron chi connectivity index (χ0n) is 20.7. The summed E-state index contributed by atoms with van der Waals surface area (Å²) in [6, 6.07) is 17.5. The van der Waals surface area contributed by atoms with Gasteiger partial charge in [-0.05, 0) is 57.1 Å². The van der Waals surface area contributed by atoms with E-state index in [1.54, 1.807) is 18.7 Å². The molecule has 1 fully saturated rings. The molecule has 0 radical (unpaired) electrons. The van der Waals surface area contributed by atoms with E-state index in [-0.39, 0.29) is 25.1 Å². The van der Waals surface area contributed by atoms with Gasteiger partial charge in [0.15, 0.2) is 0 Å². The average Bonchev–Trinajstić information content (AvgIpc) is 3.07. The van der Waals surface area contributed by atoms with E-state index >= 15 is 0 Å². The average molecular weight is 481 g/mol. The number of carbonyl (C=O) groups excluding carboxylic acids is 3. The van der Waals surface area contributed by atoms with Gasteiger partial charge in [-0.15, -0.1) is 0 Å². The number of rotatable bonds is 11. The summed E-state index contributed by atoms with van der Waals surface area (Å²) in [7, 11) is 0. The molecule has 0 bridgehead atoms. The largest absolute Gasteiger partial charge is 0.465 e. The molecule has 0 saturated carbocycles. The number of aryl methyl sites for hydroxylation is 1. The van der Waals surface area contributed by atoms with Gasteiger partial charge in [-0.2, -0.15) is 0 Å². The number of likely N-dealkylation sites (tertiary alicyclic amines) is 1. The van der Waals surface area contributed by atoms with Crippen LogP contribution in [0.3, 0.4) is 0 Å². The zero-order valence-corrected chi connectivity index (χ0v) is 20.7. The Morgan fingerprint density at radius 1 is 0.971 bits per heavy atom. The van der Waals surface area contributed by atoms with Gasteiger partial charge in [0.1, 0.15) is 18.7 Å². The Labute approximate surface area is 207 Å². The molecule has 1 aliphatic rings. The third-order valence-corrected chi connectivity index (χ3v) is 6.29. The van der Waals surface area contributed by atoms with Gasteiger partial charge in [0.2, 0.25) is 5.91 Å². The Balaban J connectivity index is 1.64. The van der Waals surface area contributed by atoms with E-state index in [4.69, 9.17) is 9.47 Å². The molecule has 7 nitrogen and oxygen atoms in total. The van der Waals surface area contributed by atoms with Crippen molar-refractivity contribution in [3.8, 4) is 0 Å². The van der Waals surface area contributed by atoms with Gasteiger partial charge in [0, 0.05) is 6.54 Å². The molecule has 0 spiro atoms. The van der Waals surface area contributed by atoms with Crippen LogP contribution in [0, 0.1) is 0 Å². The molecule has 1 aliphatic heterocycles. The second-order valence-electron chi connectivity index (χ2n) is 8.84. The molecule has 35 heavy (non-hydrogen) atoms. The summed E-state index contributed by atoms with van der Waals surface area (Å²) < 4.78 is 10.8. The van der Waals surface area contributed by atoms with Crippen LogP contribution >= 0.6 is 0 Å². The van der Waals surface area contributed by atoms with Crippen LogP contribution in [0.4, 0.5) is 0 Å². The van der Waals surface area contributed by atoms with Gasteiger partial charge in [-0.3, -0.25) is 14.9 Å². The first-order valence-electron chi connectivity index (χ1n) is 12.5. The van der Waals surface area contributed by atoms with Crippen LogP contribution in [-0.4, -0.2) is 54.0 Å². The molecule has 1 amide bonds. The first-order chi connectivity index (χ1) is 17.0. The summed E-state index contributed by atoms with van der Waals surface area (Å²) in [4.78, 5) is 40.5. The summed E-state index contributed by atoms with van der Waals surface area (Å²) in [6.07, 6.45) is 3.40. The number of hydrogen-bond donors (Lipinski definition) is 1. The van der Waals surface area contributed by atoms with Crippen LogP contribution in [0.2, 0.25) is 0 Å². The van der Waals surface area contributed by atoms with Gasteiger partial charge in [-0.25, -0.2) is 4.79 Å². The van der Waals surface area contributed by atoms with Gasteiger partial charge < -0.3 is 14.4 Å². The fourth-order valence-corrected chi connectivity index (χ4v) is 4.29. The van der Waals surface area contributed by atoms with Gasteiger partial charge in [-0.1, -0.05) is 60.7 Å². The molecule has 2 aromatic carbocycles. The minimum atomic E-state index is -0.709. The maximum absolute atomic E-state index is 13.5. The van der Waals surface area contributed by atoms with Crippen LogP contribution < -0.4 is 5.32 Å². The SMILES string of the molecule is CCOC(=O)C(CCc1ccccc1)NC1CCCCN(C(C)C(=O)OCc2ccccc2)C1=O. The van der Waals surface area contributed by atoms with E-state index in [0.717, 1.165) is 24.0 Å². The molecule has 1 heterocycles. The maximum Gasteiger partial charge on any atom is 0.328 e. The smallest absolute Gasteiger partial charge is 0.328 e. The highest BCUT2D eigenvalue weighted by Crippen LogP contribution is 2.18. The van der Waals surface area contributed by atoms with Crippen LogP contribution in [0.1, 0.15) is 50.7 Å². The summed E-state index contributed by atoms with van der Waals surface area (Å²) in [5.41, 5.74) is 2.01. The Morgan fingerprint density at radius 2 is 1.63 bits per heavy atom. The van der Waals surface area contributed by atoms with Crippen molar-refractivity contribution in [2.45, 2.75) is 70.7 Å². The molecule has 3 unspecified atom stereocenters. The lowest BCUT2D eigenvalue weighted by Gasteiger charge is -2.30. The summed E-state index contributed by atoms with van der Waals surface area (Å²) in [6.45, 7) is 4.39. The van der Waals surface area contributed by atoms with Crippen molar-refractivity contribution in [3.63, 3.8) is 0 Å². The highest BCUT2D eigenvalue weighted by atomic mass is 16.5. The quantitative estimate of drug-likeness (QED) is 0.494. The number of ether oxygens (including phenoxy) is 2. The molecule has 3 atom stereocenters. The number of nitrogens with one attached hydrogen (secondary N) is 1. The Morgan fingerprint density at radius 3 is 2.29 bits per heavy atom. The fourth-order valence-electron chi connectivity index (χ4n) is 4.29. The van der Waals surface area contributed by atoms with E-state index in [1.165, 1.54) is 0 Å². The van der Waals surface area contributed by atoms with Crippen LogP contribution in [0.5, 0.6) is 0 Å². The van der Waals surface area contributed by atoms with Crippen molar-refractivity contribution in [2.75, 3.05) is 13.2 Å². The summed E-state index contributed by atoms with van der Waals surface area (Å²) >= 11 is 0. The molecular weight excluding hydrogens is 444 g/mol. The van der Waals surface area contributed by atoms with Gasteiger partial charge >= 0.3 is 11.9 Å². The highest BCUT2D eigenvalue weighted by molar-refractivity contribution is 5.88. The lowest BCUT2D eigenvalue weighted by molar-refractivity contribution is -0.156. The molecule has 7 heteroatoms. The standard InChI is InChI=1S/C28H36N2O5/c1-3-34-28(33)25(18-17-22-12-6-4-7-13-22)29-24-16-10-11-19-30(26(24)31)21(2)27(32)35-20-23-14-8-5-9-15-23/h4-9,12-15,21,24-25,29H,3,10-11,16-20H2,1-2H3. The van der Waals surface area contributed by atoms with Crippen molar-refractivity contribution >= 4 is 17.8 Å². The van der Waals surface area contributed by atoms with Gasteiger partial charge in [0.05, 0.1) is 12.6 Å². The number of amides is 1. The number of benzene rings is 2. The second-order valence-corrected chi connectivity index (χ2v) is 8.84. The maximum atomic E-state index is 13.5. The molecular formula is C28H36N2O5. The van der Waals surface area contributed by atoms with Crippen molar-refractivity contribution in [1.29, 1.82) is 0 Å². The zero-order chi connectivity index (χ0) is 25.0. The van der Waals surface area contributed by atoms with E-state index in [2.05, 4.69) is 5.32 Å². The third kappa shape index (κ3) is 7.92. The third-order valence-electron chi connectivity index (χ3n) is 6.29. The monoisotopic (exact) mass is 480 g/mol. The van der Waals surface area contributed by atoms with E-state index in [0.29, 0.717) is 25.8 Å². The lowest BCUT2D eigenvalue weighted by atomic mass is 10.0. The molecule has 2 aromatic rings. The topological polar surface area (TPSA) is 84.9 Å². The number of esters is 2. The van der Waals surface area contributed by atoms with E-state index in [9.17, 15) is 14.4 Å². The summed E-state index contributed by atoms with van der Waals surface area (Å²) in [5.74, 6) is -0.975. The van der Waals surface area contributed by atoms with Gasteiger partial charge in [0.25, 0.3) is 0 Å². The minimum Gasteiger partial charge on any atom is -0.465 e. The molecule has 0 aromatic heterocycles. The summed E-state index contributed by atoms with van der Waals surface area (Å²) in [5, 5.41) is 3.26. The fraction of sp³-hybridized carbons (Fsp3) is 0.464. The van der Waals surface area contributed by atoms with E-state index in [1.807, 2.05) is 60.7 Å². The normalized spacial score (nSPS) is 17.8. The highest BCUT2D eigenvalue weighted by Gasteiger charge is 2.35. The first kappa shape index (κ1) is 26.4. The molecule has 188 valence electrons. The molecule has 1 N–H and O–H groups in total. The lowest BCUT2D eigenvalue weighted by Crippen LogP contribution is -2.54. The van der Waals surface area contributed by atoms with Crippen molar-refractivity contribution < 1.29 is 23.9 Å². The van der Waals surface area contributed by atoms with E-state index < -0.39 is 24.1 Å². The Hall–Kier alpha value is -3.19. The van der Waals surface area contributed by atoms with Crippen LogP contribution in [0.25, 0.3) is 0 Å². The number of nitrogens with zero attached hydrogens (tertiary/aromatic N) is 1. The second kappa shape index (κ2) is 13.6. The minimum absolute atomic E-state index is 0.165. The Kier molecular flexibility index (Phi) is 10.3. The van der Waals surface area contributed by atoms with Crippen LogP contribution in [0.15, 0.2) is 60.7 Å². The van der Waals surface area contributed by atoms with Crippen molar-refractivity contribution in [3.05, 3.63) is 71.8 Å². The molecule has 3 rings (SSSR count).